The Bertz CT molecular complexity index is 604. The van der Waals surface area contributed by atoms with Gasteiger partial charge in [0.25, 0.3) is 5.91 Å². The van der Waals surface area contributed by atoms with Crippen molar-refractivity contribution in [2.24, 2.45) is 0 Å². The average molecular weight is 303 g/mol. The first kappa shape index (κ1) is 15.8. The Morgan fingerprint density at radius 3 is 2.59 bits per heavy atom. The van der Waals surface area contributed by atoms with Gasteiger partial charge in [-0.3, -0.25) is 4.79 Å². The Hall–Kier alpha value is -2.56. The van der Waals surface area contributed by atoms with Crippen LogP contribution < -0.4 is 14.8 Å². The molecule has 116 valence electrons. The fourth-order valence-electron chi connectivity index (χ4n) is 1.80. The van der Waals surface area contributed by atoms with E-state index in [2.05, 4.69) is 5.32 Å². The molecule has 0 spiro atoms. The molecule has 4 nitrogen and oxygen atoms in total. The molecule has 0 radical (unpaired) electrons. The molecule has 1 atom stereocenters. The fourth-order valence-corrected chi connectivity index (χ4v) is 1.80. The van der Waals surface area contributed by atoms with E-state index in [1.54, 1.807) is 13.0 Å². The maximum Gasteiger partial charge on any atom is 0.260 e. The molecule has 0 saturated carbocycles. The second-order valence-corrected chi connectivity index (χ2v) is 4.67. The molecule has 0 saturated heterocycles. The molecular formula is C17H18FNO3. The maximum atomic E-state index is 13.0. The summed E-state index contributed by atoms with van der Waals surface area (Å²) in [4.78, 5) is 11.9. The number of ether oxygens (including phenoxy) is 2. The van der Waals surface area contributed by atoms with Crippen molar-refractivity contribution < 1.29 is 18.7 Å². The lowest BCUT2D eigenvalue weighted by atomic mass is 10.3. The molecule has 1 amide bonds. The van der Waals surface area contributed by atoms with Crippen LogP contribution in [0.5, 0.6) is 11.5 Å². The molecule has 5 heteroatoms. The van der Waals surface area contributed by atoms with Gasteiger partial charge in [-0.25, -0.2) is 4.39 Å². The van der Waals surface area contributed by atoms with Gasteiger partial charge in [0.2, 0.25) is 0 Å². The third kappa shape index (κ3) is 5.09. The topological polar surface area (TPSA) is 47.6 Å². The van der Waals surface area contributed by atoms with Gasteiger partial charge >= 0.3 is 0 Å². The SMILES string of the molecule is CC(Oc1cccc(F)c1)C(=O)NCCOc1ccccc1. The summed E-state index contributed by atoms with van der Waals surface area (Å²) in [6.07, 6.45) is -0.710. The zero-order valence-electron chi connectivity index (χ0n) is 12.3. The number of carbonyl (C=O) groups is 1. The Kier molecular flexibility index (Phi) is 5.77. The Morgan fingerprint density at radius 2 is 1.86 bits per heavy atom. The second-order valence-electron chi connectivity index (χ2n) is 4.67. The van der Waals surface area contributed by atoms with E-state index >= 15 is 0 Å². The molecule has 0 bridgehead atoms. The van der Waals surface area contributed by atoms with Crippen molar-refractivity contribution in [3.63, 3.8) is 0 Å². The summed E-state index contributed by atoms with van der Waals surface area (Å²) < 4.78 is 23.9. The van der Waals surface area contributed by atoms with Crippen LogP contribution in [0.25, 0.3) is 0 Å². The number of rotatable bonds is 7. The molecule has 0 aromatic heterocycles. The summed E-state index contributed by atoms with van der Waals surface area (Å²) in [6.45, 7) is 2.34. The molecule has 0 fully saturated rings. The molecular weight excluding hydrogens is 285 g/mol. The lowest BCUT2D eigenvalue weighted by molar-refractivity contribution is -0.127. The van der Waals surface area contributed by atoms with Gasteiger partial charge in [-0.15, -0.1) is 0 Å². The lowest BCUT2D eigenvalue weighted by Crippen LogP contribution is -2.38. The molecule has 1 unspecified atom stereocenters. The van der Waals surface area contributed by atoms with Crippen molar-refractivity contribution in [1.82, 2.24) is 5.32 Å². The summed E-state index contributed by atoms with van der Waals surface area (Å²) in [5.74, 6) is 0.395. The van der Waals surface area contributed by atoms with Crippen LogP contribution in [0.2, 0.25) is 0 Å². The van der Waals surface area contributed by atoms with E-state index in [0.29, 0.717) is 18.9 Å². The van der Waals surface area contributed by atoms with Gasteiger partial charge in [0.05, 0.1) is 6.54 Å². The summed E-state index contributed by atoms with van der Waals surface area (Å²) in [5.41, 5.74) is 0. The highest BCUT2D eigenvalue weighted by atomic mass is 19.1. The number of benzene rings is 2. The van der Waals surface area contributed by atoms with E-state index in [4.69, 9.17) is 9.47 Å². The standard InChI is InChI=1S/C17H18FNO3/c1-13(22-16-9-5-6-14(18)12-16)17(20)19-10-11-21-15-7-3-2-4-8-15/h2-9,12-13H,10-11H2,1H3,(H,19,20). The molecule has 2 aromatic rings. The van der Waals surface area contributed by atoms with Crippen LogP contribution in [0.4, 0.5) is 4.39 Å². The molecule has 0 heterocycles. The van der Waals surface area contributed by atoms with E-state index in [1.807, 2.05) is 30.3 Å². The molecule has 1 N–H and O–H groups in total. The molecule has 2 rings (SSSR count). The zero-order chi connectivity index (χ0) is 15.8. The number of halogens is 1. The zero-order valence-corrected chi connectivity index (χ0v) is 12.3. The van der Waals surface area contributed by atoms with Crippen LogP contribution >= 0.6 is 0 Å². The molecule has 0 aliphatic carbocycles. The van der Waals surface area contributed by atoms with Gasteiger partial charge in [0, 0.05) is 6.07 Å². The largest absolute Gasteiger partial charge is 0.492 e. The van der Waals surface area contributed by atoms with Crippen LogP contribution in [0.15, 0.2) is 54.6 Å². The van der Waals surface area contributed by atoms with E-state index in [9.17, 15) is 9.18 Å². The van der Waals surface area contributed by atoms with Crippen molar-refractivity contribution in [1.29, 1.82) is 0 Å². The first-order valence-electron chi connectivity index (χ1n) is 7.03. The van der Waals surface area contributed by atoms with Gasteiger partial charge in [-0.05, 0) is 31.2 Å². The van der Waals surface area contributed by atoms with Crippen molar-refractivity contribution in [3.8, 4) is 11.5 Å². The third-order valence-corrected chi connectivity index (χ3v) is 2.89. The summed E-state index contributed by atoms with van der Waals surface area (Å²) in [5, 5.41) is 2.70. The molecule has 22 heavy (non-hydrogen) atoms. The first-order chi connectivity index (χ1) is 10.6. The number of amides is 1. The number of hydrogen-bond acceptors (Lipinski definition) is 3. The van der Waals surface area contributed by atoms with Crippen molar-refractivity contribution in [3.05, 3.63) is 60.4 Å². The average Bonchev–Trinajstić information content (AvgIpc) is 2.52. The minimum absolute atomic E-state index is 0.277. The van der Waals surface area contributed by atoms with Crippen molar-refractivity contribution in [2.45, 2.75) is 13.0 Å². The predicted octanol–water partition coefficient (Wildman–Crippen LogP) is 2.79. The van der Waals surface area contributed by atoms with Crippen LogP contribution in [-0.2, 0) is 4.79 Å². The van der Waals surface area contributed by atoms with Crippen LogP contribution in [-0.4, -0.2) is 25.2 Å². The van der Waals surface area contributed by atoms with Crippen LogP contribution in [0, 0.1) is 5.82 Å². The molecule has 2 aromatic carbocycles. The molecule has 0 aliphatic rings. The summed E-state index contributed by atoms with van der Waals surface area (Å²) in [6, 6.07) is 15.0. The van der Waals surface area contributed by atoms with Crippen LogP contribution in [0.1, 0.15) is 6.92 Å². The second kappa shape index (κ2) is 8.02. The van der Waals surface area contributed by atoms with E-state index in [1.165, 1.54) is 18.2 Å². The van der Waals surface area contributed by atoms with E-state index < -0.39 is 11.9 Å². The summed E-state index contributed by atoms with van der Waals surface area (Å²) >= 11 is 0. The van der Waals surface area contributed by atoms with Gasteiger partial charge in [-0.1, -0.05) is 24.3 Å². The quantitative estimate of drug-likeness (QED) is 0.800. The molecule has 0 aliphatic heterocycles. The fraction of sp³-hybridized carbons (Fsp3) is 0.235. The highest BCUT2D eigenvalue weighted by molar-refractivity contribution is 5.80. The van der Waals surface area contributed by atoms with Gasteiger partial charge < -0.3 is 14.8 Å². The van der Waals surface area contributed by atoms with Gasteiger partial charge in [-0.2, -0.15) is 0 Å². The van der Waals surface area contributed by atoms with Crippen molar-refractivity contribution in [2.75, 3.05) is 13.2 Å². The predicted molar refractivity (Wildman–Crippen MR) is 81.4 cm³/mol. The minimum Gasteiger partial charge on any atom is -0.492 e. The smallest absolute Gasteiger partial charge is 0.260 e. The minimum atomic E-state index is -0.710. The third-order valence-electron chi connectivity index (χ3n) is 2.89. The lowest BCUT2D eigenvalue weighted by Gasteiger charge is -2.15. The normalized spacial score (nSPS) is 11.5. The van der Waals surface area contributed by atoms with Crippen LogP contribution in [0.3, 0.4) is 0 Å². The Morgan fingerprint density at radius 1 is 1.14 bits per heavy atom. The number of carbonyl (C=O) groups excluding carboxylic acids is 1. The number of hydrogen-bond donors (Lipinski definition) is 1. The monoisotopic (exact) mass is 303 g/mol. The Labute approximate surface area is 128 Å². The van der Waals surface area contributed by atoms with E-state index in [0.717, 1.165) is 5.75 Å². The highest BCUT2D eigenvalue weighted by Crippen LogP contribution is 2.13. The Balaban J connectivity index is 1.70. The maximum absolute atomic E-state index is 13.0. The van der Waals surface area contributed by atoms with E-state index in [-0.39, 0.29) is 5.91 Å². The van der Waals surface area contributed by atoms with Crippen molar-refractivity contribution >= 4 is 5.91 Å². The first-order valence-corrected chi connectivity index (χ1v) is 7.03. The summed E-state index contributed by atoms with van der Waals surface area (Å²) in [7, 11) is 0. The number of nitrogens with one attached hydrogen (secondary N) is 1. The van der Waals surface area contributed by atoms with Gasteiger partial charge in [0.1, 0.15) is 23.9 Å². The highest BCUT2D eigenvalue weighted by Gasteiger charge is 2.14. The van der Waals surface area contributed by atoms with Gasteiger partial charge in [0.15, 0.2) is 6.10 Å². The number of para-hydroxylation sites is 1.